The van der Waals surface area contributed by atoms with Gasteiger partial charge in [0.25, 0.3) is 0 Å². The molecule has 0 saturated heterocycles. The fourth-order valence-corrected chi connectivity index (χ4v) is 3.78. The summed E-state index contributed by atoms with van der Waals surface area (Å²) < 4.78 is 1.93. The Hall–Kier alpha value is -2.75. The SMILES string of the molecule is CCc1cnc2c(c1C)C(=O)c1c(n(CC)c3ccccc13)C2=O. The van der Waals surface area contributed by atoms with Gasteiger partial charge in [-0.25, -0.2) is 0 Å². The van der Waals surface area contributed by atoms with Crippen LogP contribution in [-0.4, -0.2) is 21.1 Å². The highest BCUT2D eigenvalue weighted by atomic mass is 16.1. The van der Waals surface area contributed by atoms with Gasteiger partial charge in [-0.05, 0) is 37.5 Å². The normalized spacial score (nSPS) is 13.3. The molecule has 3 aromatic rings. The van der Waals surface area contributed by atoms with Crippen LogP contribution < -0.4 is 0 Å². The topological polar surface area (TPSA) is 52.0 Å². The molecule has 0 amide bonds. The molecular weight excluding hydrogens is 300 g/mol. The molecule has 2 heterocycles. The molecule has 4 rings (SSSR count). The first-order valence-corrected chi connectivity index (χ1v) is 8.29. The largest absolute Gasteiger partial charge is 0.337 e. The van der Waals surface area contributed by atoms with E-state index in [0.29, 0.717) is 29.1 Å². The predicted octanol–water partition coefficient (Wildman–Crippen LogP) is 3.70. The standard InChI is InChI=1S/C20H18N2O2/c1-4-12-10-21-17-15(11(12)3)19(23)16-13-8-6-7-9-14(13)22(5-2)18(16)20(17)24/h6-10H,4-5H2,1-3H3. The third-order valence-corrected chi connectivity index (χ3v) is 5.00. The van der Waals surface area contributed by atoms with Crippen molar-refractivity contribution in [1.82, 2.24) is 9.55 Å². The number of aryl methyl sites for hydroxylation is 2. The molecule has 0 unspecified atom stereocenters. The first kappa shape index (κ1) is 14.8. The Morgan fingerprint density at radius 2 is 1.79 bits per heavy atom. The molecule has 0 bridgehead atoms. The zero-order chi connectivity index (χ0) is 17.0. The van der Waals surface area contributed by atoms with E-state index >= 15 is 0 Å². The lowest BCUT2D eigenvalue weighted by Crippen LogP contribution is -2.25. The Bertz CT molecular complexity index is 1030. The molecule has 1 aliphatic carbocycles. The predicted molar refractivity (Wildman–Crippen MR) is 92.8 cm³/mol. The lowest BCUT2D eigenvalue weighted by atomic mass is 9.86. The van der Waals surface area contributed by atoms with E-state index in [0.717, 1.165) is 28.5 Å². The number of hydrogen-bond acceptors (Lipinski definition) is 3. The Balaban J connectivity index is 2.13. The minimum Gasteiger partial charge on any atom is -0.337 e. The number of ketones is 2. The van der Waals surface area contributed by atoms with E-state index in [1.807, 2.05) is 49.6 Å². The van der Waals surface area contributed by atoms with Crippen LogP contribution in [0, 0.1) is 6.92 Å². The van der Waals surface area contributed by atoms with E-state index in [2.05, 4.69) is 4.98 Å². The van der Waals surface area contributed by atoms with Crippen molar-refractivity contribution in [3.63, 3.8) is 0 Å². The summed E-state index contributed by atoms with van der Waals surface area (Å²) >= 11 is 0. The van der Waals surface area contributed by atoms with Crippen molar-refractivity contribution in [2.75, 3.05) is 0 Å². The Morgan fingerprint density at radius 3 is 2.50 bits per heavy atom. The highest BCUT2D eigenvalue weighted by Gasteiger charge is 2.37. The first-order valence-electron chi connectivity index (χ1n) is 8.29. The van der Waals surface area contributed by atoms with E-state index < -0.39 is 0 Å². The highest BCUT2D eigenvalue weighted by molar-refractivity contribution is 6.32. The van der Waals surface area contributed by atoms with Crippen LogP contribution in [0.4, 0.5) is 0 Å². The molecule has 0 spiro atoms. The van der Waals surface area contributed by atoms with Gasteiger partial charge in [0.05, 0.1) is 11.1 Å². The van der Waals surface area contributed by atoms with E-state index in [1.54, 1.807) is 6.20 Å². The number of carbonyl (C=O) groups is 2. The maximum Gasteiger partial charge on any atom is 0.229 e. The first-order chi connectivity index (χ1) is 11.6. The number of nitrogens with zero attached hydrogens (tertiary/aromatic N) is 2. The number of rotatable bonds is 2. The van der Waals surface area contributed by atoms with E-state index in [1.165, 1.54) is 0 Å². The second-order valence-corrected chi connectivity index (χ2v) is 6.13. The summed E-state index contributed by atoms with van der Waals surface area (Å²) in [5, 5.41) is 0.847. The summed E-state index contributed by atoms with van der Waals surface area (Å²) in [5.74, 6) is -0.230. The maximum absolute atomic E-state index is 13.3. The quantitative estimate of drug-likeness (QED) is 0.566. The van der Waals surface area contributed by atoms with Crippen molar-refractivity contribution in [2.45, 2.75) is 33.7 Å². The van der Waals surface area contributed by atoms with Gasteiger partial charge in [0.15, 0.2) is 5.78 Å². The lowest BCUT2D eigenvalue weighted by molar-refractivity contribution is 0.0970. The van der Waals surface area contributed by atoms with Gasteiger partial charge < -0.3 is 4.57 Å². The van der Waals surface area contributed by atoms with Gasteiger partial charge in [-0.2, -0.15) is 0 Å². The molecule has 0 radical (unpaired) electrons. The monoisotopic (exact) mass is 318 g/mol. The number of aromatic nitrogens is 2. The van der Waals surface area contributed by atoms with Crippen LogP contribution in [0.15, 0.2) is 30.5 Å². The number of pyridine rings is 1. The van der Waals surface area contributed by atoms with Crippen LogP contribution in [0.25, 0.3) is 10.9 Å². The molecule has 0 aliphatic heterocycles. The summed E-state index contributed by atoms with van der Waals surface area (Å²) in [5.41, 5.74) is 4.59. The zero-order valence-corrected chi connectivity index (χ0v) is 14.0. The third kappa shape index (κ3) is 1.71. The van der Waals surface area contributed by atoms with Crippen molar-refractivity contribution in [2.24, 2.45) is 0 Å². The van der Waals surface area contributed by atoms with Crippen LogP contribution in [0.1, 0.15) is 57.1 Å². The van der Waals surface area contributed by atoms with Crippen LogP contribution in [0.2, 0.25) is 0 Å². The Kier molecular flexibility index (Phi) is 3.17. The minimum atomic E-state index is -0.150. The maximum atomic E-state index is 13.3. The molecule has 0 atom stereocenters. The smallest absolute Gasteiger partial charge is 0.229 e. The number of para-hydroxylation sites is 1. The number of fused-ring (bicyclic) bond motifs is 4. The van der Waals surface area contributed by atoms with Crippen LogP contribution in [0.5, 0.6) is 0 Å². The fourth-order valence-electron chi connectivity index (χ4n) is 3.78. The van der Waals surface area contributed by atoms with Gasteiger partial charge in [0.1, 0.15) is 11.4 Å². The van der Waals surface area contributed by atoms with Gasteiger partial charge in [-0.3, -0.25) is 14.6 Å². The molecule has 120 valence electrons. The van der Waals surface area contributed by atoms with Crippen molar-refractivity contribution in [1.29, 1.82) is 0 Å². The molecule has 0 N–H and O–H groups in total. The second-order valence-electron chi connectivity index (χ2n) is 6.13. The van der Waals surface area contributed by atoms with Crippen molar-refractivity contribution < 1.29 is 9.59 Å². The lowest BCUT2D eigenvalue weighted by Gasteiger charge is -2.19. The van der Waals surface area contributed by atoms with E-state index in [-0.39, 0.29) is 11.6 Å². The van der Waals surface area contributed by atoms with Gasteiger partial charge in [-0.1, -0.05) is 25.1 Å². The average Bonchev–Trinajstić information content (AvgIpc) is 2.94. The molecule has 0 saturated carbocycles. The average molecular weight is 318 g/mol. The molecule has 0 fully saturated rings. The Morgan fingerprint density at radius 1 is 1.04 bits per heavy atom. The molecule has 1 aliphatic rings. The van der Waals surface area contributed by atoms with Gasteiger partial charge in [0.2, 0.25) is 5.78 Å². The third-order valence-electron chi connectivity index (χ3n) is 5.00. The van der Waals surface area contributed by atoms with E-state index in [4.69, 9.17) is 0 Å². The molecule has 1 aromatic carbocycles. The molecule has 2 aromatic heterocycles. The fraction of sp³-hybridized carbons (Fsp3) is 0.250. The molecule has 4 nitrogen and oxygen atoms in total. The summed E-state index contributed by atoms with van der Waals surface area (Å²) in [6.07, 6.45) is 2.51. The highest BCUT2D eigenvalue weighted by Crippen LogP contribution is 2.36. The summed E-state index contributed by atoms with van der Waals surface area (Å²) in [4.78, 5) is 30.7. The van der Waals surface area contributed by atoms with Gasteiger partial charge in [0, 0.05) is 23.6 Å². The van der Waals surface area contributed by atoms with Crippen molar-refractivity contribution in [3.8, 4) is 0 Å². The molecular formula is C20H18N2O2. The van der Waals surface area contributed by atoms with Crippen LogP contribution in [0.3, 0.4) is 0 Å². The summed E-state index contributed by atoms with van der Waals surface area (Å²) in [7, 11) is 0. The minimum absolute atomic E-state index is 0.0803. The summed E-state index contributed by atoms with van der Waals surface area (Å²) in [6, 6.07) is 7.72. The molecule has 24 heavy (non-hydrogen) atoms. The van der Waals surface area contributed by atoms with Crippen molar-refractivity contribution >= 4 is 22.5 Å². The van der Waals surface area contributed by atoms with Crippen LogP contribution in [-0.2, 0) is 13.0 Å². The number of carbonyl (C=O) groups excluding carboxylic acids is 2. The van der Waals surface area contributed by atoms with E-state index in [9.17, 15) is 9.59 Å². The number of benzene rings is 1. The summed E-state index contributed by atoms with van der Waals surface area (Å²) in [6.45, 7) is 6.56. The number of hydrogen-bond donors (Lipinski definition) is 0. The zero-order valence-electron chi connectivity index (χ0n) is 14.0. The van der Waals surface area contributed by atoms with Gasteiger partial charge in [-0.15, -0.1) is 0 Å². The van der Waals surface area contributed by atoms with Crippen LogP contribution >= 0.6 is 0 Å². The van der Waals surface area contributed by atoms with Gasteiger partial charge >= 0.3 is 0 Å². The molecule has 4 heteroatoms. The Labute approximate surface area is 140 Å². The van der Waals surface area contributed by atoms with Crippen molar-refractivity contribution in [3.05, 3.63) is 64.1 Å². The second kappa shape index (κ2) is 5.13.